The molecule has 20 heavy (non-hydrogen) atoms. The Bertz CT molecular complexity index is 637. The Hall–Kier alpha value is -2.30. The van der Waals surface area contributed by atoms with E-state index in [9.17, 15) is 0 Å². The van der Waals surface area contributed by atoms with Crippen molar-refractivity contribution in [2.24, 2.45) is 16.8 Å². The van der Waals surface area contributed by atoms with Gasteiger partial charge in [-0.15, -0.1) is 0 Å². The number of rotatable bonds is 4. The highest BCUT2D eigenvalue weighted by Crippen LogP contribution is 2.22. The zero-order valence-corrected chi connectivity index (χ0v) is 12.0. The van der Waals surface area contributed by atoms with Crippen molar-refractivity contribution in [3.63, 3.8) is 0 Å². The average molecular weight is 272 g/mol. The van der Waals surface area contributed by atoms with E-state index in [0.717, 1.165) is 23.3 Å². The summed E-state index contributed by atoms with van der Waals surface area (Å²) in [5, 5.41) is 12.9. The van der Waals surface area contributed by atoms with Crippen LogP contribution in [0.4, 0.5) is 5.82 Å². The van der Waals surface area contributed by atoms with E-state index in [0.29, 0.717) is 11.5 Å². The molecule has 1 heterocycles. The van der Waals surface area contributed by atoms with E-state index in [1.54, 1.807) is 0 Å². The van der Waals surface area contributed by atoms with E-state index in [1.807, 2.05) is 37.4 Å². The SMILES string of the molecule is CC(C)CN(C)c1cc(C(N)=NO)c2ccccc2n1. The van der Waals surface area contributed by atoms with Gasteiger partial charge in [0.25, 0.3) is 0 Å². The number of hydrogen-bond acceptors (Lipinski definition) is 4. The molecule has 0 saturated carbocycles. The van der Waals surface area contributed by atoms with Crippen LogP contribution in [-0.4, -0.2) is 29.6 Å². The van der Waals surface area contributed by atoms with Crippen LogP contribution < -0.4 is 10.6 Å². The van der Waals surface area contributed by atoms with Gasteiger partial charge >= 0.3 is 0 Å². The molecule has 0 spiro atoms. The van der Waals surface area contributed by atoms with Crippen LogP contribution in [0.15, 0.2) is 35.5 Å². The highest BCUT2D eigenvalue weighted by Gasteiger charge is 2.12. The second-order valence-electron chi connectivity index (χ2n) is 5.30. The molecule has 5 heteroatoms. The van der Waals surface area contributed by atoms with E-state index >= 15 is 0 Å². The van der Waals surface area contributed by atoms with Crippen molar-refractivity contribution < 1.29 is 5.21 Å². The van der Waals surface area contributed by atoms with E-state index < -0.39 is 0 Å². The summed E-state index contributed by atoms with van der Waals surface area (Å²) in [6.45, 7) is 5.20. The van der Waals surface area contributed by atoms with Gasteiger partial charge in [-0.25, -0.2) is 4.98 Å². The van der Waals surface area contributed by atoms with Crippen LogP contribution in [0.3, 0.4) is 0 Å². The average Bonchev–Trinajstić information content (AvgIpc) is 2.44. The summed E-state index contributed by atoms with van der Waals surface area (Å²) in [5.74, 6) is 1.45. The minimum atomic E-state index is 0.0998. The van der Waals surface area contributed by atoms with Crippen molar-refractivity contribution in [3.8, 4) is 0 Å². The molecule has 1 aromatic carbocycles. The van der Waals surface area contributed by atoms with Crippen molar-refractivity contribution >= 4 is 22.6 Å². The van der Waals surface area contributed by atoms with E-state index in [1.165, 1.54) is 0 Å². The van der Waals surface area contributed by atoms with E-state index in [-0.39, 0.29) is 5.84 Å². The number of oxime groups is 1. The summed E-state index contributed by atoms with van der Waals surface area (Å²) < 4.78 is 0. The van der Waals surface area contributed by atoms with Crippen molar-refractivity contribution in [3.05, 3.63) is 35.9 Å². The minimum Gasteiger partial charge on any atom is -0.409 e. The third-order valence-corrected chi connectivity index (χ3v) is 3.12. The topological polar surface area (TPSA) is 74.7 Å². The predicted molar refractivity (Wildman–Crippen MR) is 82.4 cm³/mol. The lowest BCUT2D eigenvalue weighted by atomic mass is 10.1. The van der Waals surface area contributed by atoms with E-state index in [4.69, 9.17) is 10.9 Å². The lowest BCUT2D eigenvalue weighted by Gasteiger charge is -2.21. The summed E-state index contributed by atoms with van der Waals surface area (Å²) in [4.78, 5) is 6.71. The number of anilines is 1. The molecule has 1 aromatic heterocycles. The van der Waals surface area contributed by atoms with Gasteiger partial charge in [-0.2, -0.15) is 0 Å². The van der Waals surface area contributed by atoms with Crippen LogP contribution in [0.2, 0.25) is 0 Å². The van der Waals surface area contributed by atoms with Crippen LogP contribution in [-0.2, 0) is 0 Å². The standard InChI is InChI=1S/C15H20N4O/c1-10(2)9-19(3)14-8-12(15(16)18-20)11-6-4-5-7-13(11)17-14/h4-8,10,20H,9H2,1-3H3,(H2,16,18). The molecule has 5 nitrogen and oxygen atoms in total. The molecule has 2 rings (SSSR count). The molecule has 106 valence electrons. The first kappa shape index (κ1) is 14.1. The Morgan fingerprint density at radius 1 is 1.40 bits per heavy atom. The highest BCUT2D eigenvalue weighted by atomic mass is 16.4. The van der Waals surface area contributed by atoms with E-state index in [2.05, 4.69) is 28.9 Å². The quantitative estimate of drug-likeness (QED) is 0.388. The largest absolute Gasteiger partial charge is 0.409 e. The molecule has 0 aliphatic carbocycles. The number of para-hydroxylation sites is 1. The molecule has 2 aromatic rings. The minimum absolute atomic E-state index is 0.0998. The molecule has 0 bridgehead atoms. The maximum atomic E-state index is 8.95. The van der Waals surface area contributed by atoms with Gasteiger partial charge < -0.3 is 15.8 Å². The molecule has 0 radical (unpaired) electrons. The molecule has 0 unspecified atom stereocenters. The van der Waals surface area contributed by atoms with Gasteiger partial charge in [0.15, 0.2) is 5.84 Å². The summed E-state index contributed by atoms with van der Waals surface area (Å²) >= 11 is 0. The molecule has 0 atom stereocenters. The normalized spacial score (nSPS) is 12.1. The molecule has 0 aliphatic rings. The number of aromatic nitrogens is 1. The molecule has 0 fully saturated rings. The van der Waals surface area contributed by atoms with Crippen LogP contribution in [0.1, 0.15) is 19.4 Å². The summed E-state index contributed by atoms with van der Waals surface area (Å²) in [7, 11) is 1.99. The number of benzene rings is 1. The number of amidine groups is 1. The van der Waals surface area contributed by atoms with Gasteiger partial charge in [0.05, 0.1) is 5.52 Å². The molecule has 0 saturated heterocycles. The molecule has 0 aliphatic heterocycles. The lowest BCUT2D eigenvalue weighted by molar-refractivity contribution is 0.318. The van der Waals surface area contributed by atoms with Crippen molar-refractivity contribution in [1.82, 2.24) is 4.98 Å². The maximum Gasteiger partial charge on any atom is 0.170 e. The first-order valence-electron chi connectivity index (χ1n) is 6.61. The fourth-order valence-corrected chi connectivity index (χ4v) is 2.26. The smallest absolute Gasteiger partial charge is 0.170 e. The van der Waals surface area contributed by atoms with Gasteiger partial charge in [0.1, 0.15) is 5.82 Å². The second-order valence-corrected chi connectivity index (χ2v) is 5.30. The zero-order valence-electron chi connectivity index (χ0n) is 12.0. The van der Waals surface area contributed by atoms with Gasteiger partial charge in [0, 0.05) is 24.5 Å². The van der Waals surface area contributed by atoms with Gasteiger partial charge in [0.2, 0.25) is 0 Å². The molecular weight excluding hydrogens is 252 g/mol. The summed E-state index contributed by atoms with van der Waals surface area (Å²) in [6, 6.07) is 9.55. The van der Waals surface area contributed by atoms with Crippen molar-refractivity contribution in [2.45, 2.75) is 13.8 Å². The Morgan fingerprint density at radius 2 is 2.10 bits per heavy atom. The Labute approximate surface area is 118 Å². The van der Waals surface area contributed by atoms with Crippen LogP contribution in [0, 0.1) is 5.92 Å². The number of pyridine rings is 1. The fourth-order valence-electron chi connectivity index (χ4n) is 2.26. The summed E-state index contributed by atoms with van der Waals surface area (Å²) in [6.07, 6.45) is 0. The number of nitrogens with zero attached hydrogens (tertiary/aromatic N) is 3. The fraction of sp³-hybridized carbons (Fsp3) is 0.333. The van der Waals surface area contributed by atoms with Gasteiger partial charge in [-0.1, -0.05) is 37.2 Å². The third kappa shape index (κ3) is 2.82. The Balaban J connectivity index is 2.58. The van der Waals surface area contributed by atoms with Gasteiger partial charge in [-0.05, 0) is 18.1 Å². The Morgan fingerprint density at radius 3 is 2.75 bits per heavy atom. The first-order chi connectivity index (χ1) is 9.52. The van der Waals surface area contributed by atoms with Crippen LogP contribution >= 0.6 is 0 Å². The van der Waals surface area contributed by atoms with Gasteiger partial charge in [-0.3, -0.25) is 0 Å². The van der Waals surface area contributed by atoms with Crippen molar-refractivity contribution in [1.29, 1.82) is 0 Å². The monoisotopic (exact) mass is 272 g/mol. The molecular formula is C15H20N4O. The number of nitrogens with two attached hydrogens (primary N) is 1. The number of hydrogen-bond donors (Lipinski definition) is 2. The Kier molecular flexibility index (Phi) is 4.08. The van der Waals surface area contributed by atoms with Crippen LogP contribution in [0.25, 0.3) is 10.9 Å². The summed E-state index contributed by atoms with van der Waals surface area (Å²) in [5.41, 5.74) is 7.32. The first-order valence-corrected chi connectivity index (χ1v) is 6.61. The molecule has 0 amide bonds. The lowest BCUT2D eigenvalue weighted by Crippen LogP contribution is -2.24. The third-order valence-electron chi connectivity index (χ3n) is 3.12. The van der Waals surface area contributed by atoms with Crippen LogP contribution in [0.5, 0.6) is 0 Å². The second kappa shape index (κ2) is 5.77. The number of fused-ring (bicyclic) bond motifs is 1. The highest BCUT2D eigenvalue weighted by molar-refractivity contribution is 6.08. The molecule has 3 N–H and O–H groups in total. The maximum absolute atomic E-state index is 8.95. The predicted octanol–water partition coefficient (Wildman–Crippen LogP) is 2.42. The zero-order chi connectivity index (χ0) is 14.7. The van der Waals surface area contributed by atoms with Crippen molar-refractivity contribution in [2.75, 3.05) is 18.5 Å².